The molecule has 2 heterocycles. The highest BCUT2D eigenvalue weighted by atomic mass is 32.1. The Morgan fingerprint density at radius 2 is 1.84 bits per heavy atom. The van der Waals surface area contributed by atoms with Crippen LogP contribution in [0, 0.1) is 13.8 Å². The number of carbonyl (C=O) groups excluding carboxylic acids is 3. The Morgan fingerprint density at radius 1 is 1.13 bits per heavy atom. The van der Waals surface area contributed by atoms with Crippen molar-refractivity contribution in [1.82, 2.24) is 15.2 Å². The number of nitrogens with zero attached hydrogens (tertiary/aromatic N) is 2. The number of phenolic OH excluding ortho intramolecular Hbond substituents is 1. The molecule has 4 rings (SSSR count). The predicted octanol–water partition coefficient (Wildman–Crippen LogP) is 3.08. The number of phenols is 1. The molecule has 1 fully saturated rings. The van der Waals surface area contributed by atoms with E-state index in [4.69, 9.17) is 10.5 Å². The molecule has 0 aliphatic carbocycles. The van der Waals surface area contributed by atoms with Crippen LogP contribution in [-0.4, -0.2) is 58.5 Å². The summed E-state index contributed by atoms with van der Waals surface area (Å²) in [5, 5.41) is 14.6. The molecule has 1 aliphatic rings. The first-order valence-corrected chi connectivity index (χ1v) is 13.4. The number of carbonyl (C=O) groups is 3. The van der Waals surface area contributed by atoms with Gasteiger partial charge < -0.3 is 25.8 Å². The predicted molar refractivity (Wildman–Crippen MR) is 144 cm³/mol. The van der Waals surface area contributed by atoms with E-state index in [1.54, 1.807) is 22.4 Å². The number of nitrogens with one attached hydrogen (secondary N) is 1. The lowest BCUT2D eigenvalue weighted by Crippen LogP contribution is -2.46. The molecule has 1 aliphatic heterocycles. The third-order valence-electron chi connectivity index (χ3n) is 6.82. The van der Waals surface area contributed by atoms with Gasteiger partial charge in [-0.1, -0.05) is 18.2 Å². The maximum atomic E-state index is 12.8. The summed E-state index contributed by atoms with van der Waals surface area (Å²) in [6, 6.07) is 11.2. The minimum Gasteiger partial charge on any atom is -0.508 e. The van der Waals surface area contributed by atoms with Crippen LogP contribution in [0.3, 0.4) is 0 Å². The molecule has 3 amide bonds. The van der Waals surface area contributed by atoms with E-state index in [1.165, 1.54) is 29.0 Å². The Balaban J connectivity index is 1.27. The molecule has 0 radical (unpaired) electrons. The average Bonchev–Trinajstić information content (AvgIpc) is 3.40. The summed E-state index contributed by atoms with van der Waals surface area (Å²) in [4.78, 5) is 43.7. The zero-order valence-corrected chi connectivity index (χ0v) is 22.3. The summed E-state index contributed by atoms with van der Waals surface area (Å²) in [5.74, 6) is -0.218. The Morgan fingerprint density at radius 3 is 2.50 bits per heavy atom. The van der Waals surface area contributed by atoms with E-state index in [-0.39, 0.29) is 36.3 Å². The van der Waals surface area contributed by atoms with E-state index < -0.39 is 17.9 Å². The lowest BCUT2D eigenvalue weighted by Gasteiger charge is -2.31. The van der Waals surface area contributed by atoms with Gasteiger partial charge in [0.05, 0.1) is 5.01 Å². The number of thiazole rings is 1. The smallest absolute Gasteiger partial charge is 0.271 e. The molecule has 38 heavy (non-hydrogen) atoms. The Labute approximate surface area is 225 Å². The van der Waals surface area contributed by atoms with Gasteiger partial charge in [-0.25, -0.2) is 4.98 Å². The van der Waals surface area contributed by atoms with Crippen molar-refractivity contribution in [3.05, 3.63) is 75.2 Å². The summed E-state index contributed by atoms with van der Waals surface area (Å²) in [7, 11) is 0. The first kappa shape index (κ1) is 27.1. The molecule has 0 saturated carbocycles. The first-order chi connectivity index (χ1) is 18.2. The lowest BCUT2D eigenvalue weighted by atomic mass is 9.97. The molecule has 2 aromatic carbocycles. The van der Waals surface area contributed by atoms with E-state index in [1.807, 2.05) is 32.0 Å². The number of piperidine rings is 1. The van der Waals surface area contributed by atoms with Crippen molar-refractivity contribution < 1.29 is 24.2 Å². The van der Waals surface area contributed by atoms with Gasteiger partial charge >= 0.3 is 0 Å². The van der Waals surface area contributed by atoms with Crippen LogP contribution in [-0.2, 0) is 16.0 Å². The van der Waals surface area contributed by atoms with Gasteiger partial charge in [0.2, 0.25) is 5.91 Å². The Hall–Kier alpha value is -3.92. The molecule has 3 aromatic rings. The van der Waals surface area contributed by atoms with Crippen LogP contribution >= 0.6 is 11.3 Å². The number of hydrogen-bond donors (Lipinski definition) is 3. The topological polar surface area (TPSA) is 135 Å². The highest BCUT2D eigenvalue weighted by molar-refractivity contribution is 7.09. The van der Waals surface area contributed by atoms with E-state index in [0.717, 1.165) is 29.0 Å². The maximum absolute atomic E-state index is 12.8. The number of benzene rings is 2. The van der Waals surface area contributed by atoms with Gasteiger partial charge in [0.15, 0.2) is 6.61 Å². The van der Waals surface area contributed by atoms with E-state index >= 15 is 0 Å². The number of nitrogens with two attached hydrogens (primary N) is 1. The van der Waals surface area contributed by atoms with Gasteiger partial charge in [-0.05, 0) is 67.6 Å². The van der Waals surface area contributed by atoms with Crippen LogP contribution in [0.5, 0.6) is 11.5 Å². The van der Waals surface area contributed by atoms with Crippen molar-refractivity contribution in [3.8, 4) is 11.5 Å². The van der Waals surface area contributed by atoms with Crippen LogP contribution in [0.4, 0.5) is 0 Å². The van der Waals surface area contributed by atoms with Gasteiger partial charge in [0.1, 0.15) is 23.2 Å². The van der Waals surface area contributed by atoms with Crippen LogP contribution in [0.25, 0.3) is 0 Å². The quantitative estimate of drug-likeness (QED) is 0.385. The number of rotatable bonds is 9. The SMILES string of the molecule is Cc1ccc(OCC(=O)N2CCC(c3nc(C(=O)NC(Cc4ccc(O)cc4)C(N)=O)cs3)CC2)cc1C. The minimum absolute atomic E-state index is 0.0000865. The normalized spacial score (nSPS) is 14.6. The maximum Gasteiger partial charge on any atom is 0.271 e. The van der Waals surface area contributed by atoms with Crippen molar-refractivity contribution >= 4 is 29.1 Å². The van der Waals surface area contributed by atoms with Gasteiger partial charge in [-0.3, -0.25) is 14.4 Å². The van der Waals surface area contributed by atoms with Crippen LogP contribution < -0.4 is 15.8 Å². The number of aryl methyl sites for hydroxylation is 2. The molecule has 200 valence electrons. The van der Waals surface area contributed by atoms with Crippen LogP contribution in [0.15, 0.2) is 47.8 Å². The summed E-state index contributed by atoms with van der Waals surface area (Å²) in [5.41, 5.74) is 8.80. The van der Waals surface area contributed by atoms with Crippen molar-refractivity contribution in [1.29, 1.82) is 0 Å². The van der Waals surface area contributed by atoms with Crippen molar-refractivity contribution in [2.24, 2.45) is 5.73 Å². The second kappa shape index (κ2) is 12.1. The first-order valence-electron chi connectivity index (χ1n) is 12.5. The molecule has 0 spiro atoms. The number of aromatic hydroxyl groups is 1. The van der Waals surface area contributed by atoms with Crippen molar-refractivity contribution in [2.75, 3.05) is 19.7 Å². The molecule has 1 aromatic heterocycles. The van der Waals surface area contributed by atoms with Crippen LogP contribution in [0.2, 0.25) is 0 Å². The van der Waals surface area contributed by atoms with Gasteiger partial charge in [0, 0.05) is 30.8 Å². The largest absolute Gasteiger partial charge is 0.508 e. The fraction of sp³-hybridized carbons (Fsp3) is 0.357. The number of primary amides is 1. The van der Waals surface area contributed by atoms with Crippen LogP contribution in [0.1, 0.15) is 50.9 Å². The van der Waals surface area contributed by atoms with E-state index in [9.17, 15) is 19.5 Å². The fourth-order valence-electron chi connectivity index (χ4n) is 4.32. The number of ether oxygens (including phenoxy) is 1. The highest BCUT2D eigenvalue weighted by Gasteiger charge is 2.27. The summed E-state index contributed by atoms with van der Waals surface area (Å²) in [6.45, 7) is 5.23. The number of aromatic nitrogens is 1. The Bertz CT molecular complexity index is 1300. The average molecular weight is 537 g/mol. The number of amides is 3. The number of likely N-dealkylation sites (tertiary alicyclic amines) is 1. The van der Waals surface area contributed by atoms with Crippen molar-refractivity contribution in [2.45, 2.75) is 45.1 Å². The van der Waals surface area contributed by atoms with Gasteiger partial charge in [0.25, 0.3) is 11.8 Å². The second-order valence-electron chi connectivity index (χ2n) is 9.56. The molecule has 0 bridgehead atoms. The summed E-state index contributed by atoms with van der Waals surface area (Å²) < 4.78 is 5.70. The molecule has 10 heteroatoms. The molecule has 1 atom stereocenters. The second-order valence-corrected chi connectivity index (χ2v) is 10.4. The Kier molecular flexibility index (Phi) is 8.62. The van der Waals surface area contributed by atoms with Crippen molar-refractivity contribution in [3.63, 3.8) is 0 Å². The summed E-state index contributed by atoms with van der Waals surface area (Å²) >= 11 is 1.40. The summed E-state index contributed by atoms with van der Waals surface area (Å²) in [6.07, 6.45) is 1.70. The molecule has 9 nitrogen and oxygen atoms in total. The highest BCUT2D eigenvalue weighted by Crippen LogP contribution is 2.30. The lowest BCUT2D eigenvalue weighted by molar-refractivity contribution is -0.134. The minimum atomic E-state index is -0.905. The third-order valence-corrected chi connectivity index (χ3v) is 7.82. The molecule has 1 unspecified atom stereocenters. The number of hydrogen-bond acceptors (Lipinski definition) is 7. The molecular formula is C28H32N4O5S. The standard InChI is InChI=1S/C28H32N4O5S/c1-17-3-8-22(13-18(17)2)37-15-25(34)32-11-9-20(10-12-32)28-31-24(16-38-28)27(36)30-23(26(29)35)14-19-4-6-21(33)7-5-19/h3-8,13,16,20,23,33H,9-12,14-15H2,1-2H3,(H2,29,35)(H,30,36). The van der Waals surface area contributed by atoms with Gasteiger partial charge in [-0.2, -0.15) is 0 Å². The molecule has 4 N–H and O–H groups in total. The monoisotopic (exact) mass is 536 g/mol. The molecular weight excluding hydrogens is 504 g/mol. The van der Waals surface area contributed by atoms with Gasteiger partial charge in [-0.15, -0.1) is 11.3 Å². The molecule has 1 saturated heterocycles. The fourth-order valence-corrected chi connectivity index (χ4v) is 5.29. The van der Waals surface area contributed by atoms with E-state index in [0.29, 0.717) is 18.8 Å². The third kappa shape index (κ3) is 6.89. The van der Waals surface area contributed by atoms with E-state index in [2.05, 4.69) is 10.3 Å². The zero-order valence-electron chi connectivity index (χ0n) is 21.5. The zero-order chi connectivity index (χ0) is 27.2.